The maximum Gasteiger partial charge on any atom is 0.240 e. The van der Waals surface area contributed by atoms with Gasteiger partial charge in [0.2, 0.25) is 5.91 Å². The van der Waals surface area contributed by atoms with Crippen LogP contribution in [0.4, 0.5) is 5.69 Å². The third-order valence-corrected chi connectivity index (χ3v) is 2.88. The van der Waals surface area contributed by atoms with Gasteiger partial charge in [-0.3, -0.25) is 4.79 Å². The molecule has 84 valence electrons. The van der Waals surface area contributed by atoms with E-state index in [-0.39, 0.29) is 11.8 Å². The van der Waals surface area contributed by atoms with Gasteiger partial charge in [0, 0.05) is 12.3 Å². The second kappa shape index (κ2) is 4.14. The van der Waals surface area contributed by atoms with Crippen LogP contribution in [-0.4, -0.2) is 11.6 Å². The van der Waals surface area contributed by atoms with Crippen LogP contribution in [-0.2, 0) is 4.79 Å². The normalized spacial score (nSPS) is 20.2. The topological polar surface area (TPSA) is 67.5 Å². The van der Waals surface area contributed by atoms with Crippen molar-refractivity contribution in [3.05, 3.63) is 28.8 Å². The minimum Gasteiger partial charge on any atom is -0.398 e. The van der Waals surface area contributed by atoms with Crippen molar-refractivity contribution >= 4 is 28.9 Å². The van der Waals surface area contributed by atoms with Gasteiger partial charge in [-0.2, -0.15) is 5.10 Å². The Kier molecular flexibility index (Phi) is 2.83. The molecular formula is C11H12ClN3O. The minimum absolute atomic E-state index is 0.0576. The number of nitrogens with zero attached hydrogens (tertiary/aromatic N) is 1. The van der Waals surface area contributed by atoms with Crippen LogP contribution in [0.3, 0.4) is 0 Å². The monoisotopic (exact) mass is 237 g/mol. The Balaban J connectivity index is 2.37. The summed E-state index contributed by atoms with van der Waals surface area (Å²) < 4.78 is 0. The number of halogens is 1. The molecule has 0 aromatic heterocycles. The molecule has 0 saturated carbocycles. The molecule has 1 aromatic carbocycles. The fourth-order valence-corrected chi connectivity index (χ4v) is 1.87. The average molecular weight is 238 g/mol. The number of anilines is 1. The van der Waals surface area contributed by atoms with Crippen molar-refractivity contribution in [2.75, 3.05) is 5.73 Å². The predicted molar refractivity (Wildman–Crippen MR) is 64.3 cm³/mol. The standard InChI is InChI=1S/C11H12ClN3O/c1-6-4-10(16)14-15-11(6)7-2-3-9(13)8(12)5-7/h2-3,5-6H,4,13H2,1H3,(H,14,16)/t6-/m1/s1. The molecule has 4 nitrogen and oxygen atoms in total. The molecule has 0 unspecified atom stereocenters. The van der Waals surface area contributed by atoms with E-state index in [0.717, 1.165) is 11.3 Å². The van der Waals surface area contributed by atoms with E-state index in [1.54, 1.807) is 12.1 Å². The van der Waals surface area contributed by atoms with Crippen LogP contribution in [0.2, 0.25) is 5.02 Å². The van der Waals surface area contributed by atoms with Gasteiger partial charge in [0.05, 0.1) is 16.4 Å². The van der Waals surface area contributed by atoms with Crippen LogP contribution in [0.5, 0.6) is 0 Å². The molecular weight excluding hydrogens is 226 g/mol. The summed E-state index contributed by atoms with van der Waals surface area (Å²) >= 11 is 5.94. The van der Waals surface area contributed by atoms with Crippen LogP contribution < -0.4 is 11.2 Å². The van der Waals surface area contributed by atoms with Gasteiger partial charge in [-0.15, -0.1) is 0 Å². The van der Waals surface area contributed by atoms with E-state index >= 15 is 0 Å². The highest BCUT2D eigenvalue weighted by molar-refractivity contribution is 6.33. The number of benzene rings is 1. The van der Waals surface area contributed by atoms with Gasteiger partial charge in [0.15, 0.2) is 0 Å². The molecule has 0 fully saturated rings. The van der Waals surface area contributed by atoms with Gasteiger partial charge in [-0.1, -0.05) is 24.6 Å². The highest BCUT2D eigenvalue weighted by atomic mass is 35.5. The smallest absolute Gasteiger partial charge is 0.240 e. The quantitative estimate of drug-likeness (QED) is 0.731. The van der Waals surface area contributed by atoms with Crippen molar-refractivity contribution < 1.29 is 4.79 Å². The van der Waals surface area contributed by atoms with E-state index in [9.17, 15) is 4.79 Å². The number of hydrogen-bond donors (Lipinski definition) is 2. The van der Waals surface area contributed by atoms with E-state index in [4.69, 9.17) is 17.3 Å². The second-order valence-electron chi connectivity index (χ2n) is 3.87. The SMILES string of the molecule is C[C@@H]1CC(=O)NN=C1c1ccc(N)c(Cl)c1. The number of carbonyl (C=O) groups is 1. The lowest BCUT2D eigenvalue weighted by Crippen LogP contribution is -2.31. The summed E-state index contributed by atoms with van der Waals surface area (Å²) in [6, 6.07) is 5.36. The number of rotatable bonds is 1. The van der Waals surface area contributed by atoms with Crippen molar-refractivity contribution in [1.29, 1.82) is 0 Å². The molecule has 1 atom stereocenters. The maximum atomic E-state index is 11.1. The zero-order chi connectivity index (χ0) is 11.7. The third kappa shape index (κ3) is 2.02. The average Bonchev–Trinajstić information content (AvgIpc) is 2.22. The summed E-state index contributed by atoms with van der Waals surface area (Å²) in [7, 11) is 0. The second-order valence-corrected chi connectivity index (χ2v) is 4.28. The molecule has 1 aromatic rings. The number of amides is 1. The number of carbonyl (C=O) groups excluding carboxylic acids is 1. The zero-order valence-electron chi connectivity index (χ0n) is 8.83. The van der Waals surface area contributed by atoms with E-state index in [0.29, 0.717) is 17.1 Å². The lowest BCUT2D eigenvalue weighted by molar-refractivity contribution is -0.121. The van der Waals surface area contributed by atoms with Crippen molar-refractivity contribution in [1.82, 2.24) is 5.43 Å². The summed E-state index contributed by atoms with van der Waals surface area (Å²) in [4.78, 5) is 11.1. The van der Waals surface area contributed by atoms with Crippen molar-refractivity contribution in [2.24, 2.45) is 11.0 Å². The van der Waals surface area contributed by atoms with Gasteiger partial charge >= 0.3 is 0 Å². The Morgan fingerprint density at radius 2 is 2.31 bits per heavy atom. The van der Waals surface area contributed by atoms with E-state index in [2.05, 4.69) is 10.5 Å². The lowest BCUT2D eigenvalue weighted by atomic mass is 9.94. The summed E-state index contributed by atoms with van der Waals surface area (Å²) in [5, 5.41) is 4.55. The Hall–Kier alpha value is -1.55. The van der Waals surface area contributed by atoms with Crippen molar-refractivity contribution in [3.8, 4) is 0 Å². The van der Waals surface area contributed by atoms with Gasteiger partial charge in [0.1, 0.15) is 0 Å². The third-order valence-electron chi connectivity index (χ3n) is 2.56. The molecule has 1 aliphatic rings. The van der Waals surface area contributed by atoms with Crippen LogP contribution in [0.1, 0.15) is 18.9 Å². The molecule has 2 rings (SSSR count). The first-order valence-corrected chi connectivity index (χ1v) is 5.37. The van der Waals surface area contributed by atoms with Crippen molar-refractivity contribution in [3.63, 3.8) is 0 Å². The van der Waals surface area contributed by atoms with Crippen molar-refractivity contribution in [2.45, 2.75) is 13.3 Å². The molecule has 0 spiro atoms. The van der Waals surface area contributed by atoms with Gasteiger partial charge in [-0.25, -0.2) is 5.43 Å². The Labute approximate surface area is 98.5 Å². The van der Waals surface area contributed by atoms with Crippen LogP contribution >= 0.6 is 11.6 Å². The molecule has 1 amide bonds. The number of nitrogen functional groups attached to an aromatic ring is 1. The summed E-state index contributed by atoms with van der Waals surface area (Å²) in [5.74, 6) is 0.0335. The molecule has 0 bridgehead atoms. The zero-order valence-corrected chi connectivity index (χ0v) is 9.58. The Morgan fingerprint density at radius 1 is 1.56 bits per heavy atom. The van der Waals surface area contributed by atoms with Gasteiger partial charge in [0.25, 0.3) is 0 Å². The van der Waals surface area contributed by atoms with Gasteiger partial charge in [-0.05, 0) is 17.7 Å². The molecule has 1 heterocycles. The van der Waals surface area contributed by atoms with Crippen LogP contribution in [0.15, 0.2) is 23.3 Å². The highest BCUT2D eigenvalue weighted by Gasteiger charge is 2.21. The molecule has 0 saturated heterocycles. The molecule has 16 heavy (non-hydrogen) atoms. The van der Waals surface area contributed by atoms with E-state index in [1.165, 1.54) is 0 Å². The number of nitrogens with one attached hydrogen (secondary N) is 1. The summed E-state index contributed by atoms with van der Waals surface area (Å²) in [6.07, 6.45) is 0.445. The van der Waals surface area contributed by atoms with Crippen LogP contribution in [0.25, 0.3) is 0 Å². The van der Waals surface area contributed by atoms with Crippen LogP contribution in [0, 0.1) is 5.92 Å². The number of nitrogens with two attached hydrogens (primary N) is 1. The molecule has 5 heteroatoms. The molecule has 0 radical (unpaired) electrons. The van der Waals surface area contributed by atoms with E-state index in [1.807, 2.05) is 13.0 Å². The predicted octanol–water partition coefficient (Wildman–Crippen LogP) is 1.78. The maximum absolute atomic E-state index is 11.1. The summed E-state index contributed by atoms with van der Waals surface area (Å²) in [6.45, 7) is 1.96. The first-order valence-electron chi connectivity index (χ1n) is 4.99. The molecule has 3 N–H and O–H groups in total. The fraction of sp³-hybridized carbons (Fsp3) is 0.273. The highest BCUT2D eigenvalue weighted by Crippen LogP contribution is 2.23. The first-order chi connectivity index (χ1) is 7.58. The Bertz CT molecular complexity index is 470. The Morgan fingerprint density at radius 3 is 2.94 bits per heavy atom. The van der Waals surface area contributed by atoms with Gasteiger partial charge < -0.3 is 5.73 Å². The number of hydrogen-bond acceptors (Lipinski definition) is 3. The number of hydrazone groups is 1. The lowest BCUT2D eigenvalue weighted by Gasteiger charge is -2.19. The molecule has 1 aliphatic heterocycles. The first kappa shape index (κ1) is 11.0. The largest absolute Gasteiger partial charge is 0.398 e. The molecule has 0 aliphatic carbocycles. The minimum atomic E-state index is -0.0576. The fourth-order valence-electron chi connectivity index (χ4n) is 1.69. The summed E-state index contributed by atoms with van der Waals surface area (Å²) in [5.41, 5.74) is 10.4. The van der Waals surface area contributed by atoms with E-state index < -0.39 is 0 Å².